The molecule has 0 spiro atoms. The molecule has 0 fully saturated rings. The molecular weight excluding hydrogens is 390 g/mol. The van der Waals surface area contributed by atoms with Crippen LogP contribution in [0.25, 0.3) is 0 Å². The molecule has 1 aliphatic heterocycles. The van der Waals surface area contributed by atoms with Crippen molar-refractivity contribution in [2.45, 2.75) is 19.6 Å². The lowest BCUT2D eigenvalue weighted by molar-refractivity contribution is 0.0666. The molecule has 31 heavy (non-hydrogen) atoms. The van der Waals surface area contributed by atoms with Gasteiger partial charge in [-0.25, -0.2) is 0 Å². The minimum atomic E-state index is -0.386. The van der Waals surface area contributed by atoms with Gasteiger partial charge in [0.25, 0.3) is 5.91 Å². The van der Waals surface area contributed by atoms with E-state index in [1.165, 1.54) is 5.56 Å². The Morgan fingerprint density at radius 3 is 2.58 bits per heavy atom. The van der Waals surface area contributed by atoms with Crippen molar-refractivity contribution in [3.05, 3.63) is 89.0 Å². The van der Waals surface area contributed by atoms with Crippen LogP contribution in [0, 0.1) is 18.3 Å². The van der Waals surface area contributed by atoms with E-state index in [9.17, 15) is 4.79 Å². The van der Waals surface area contributed by atoms with Crippen LogP contribution in [-0.4, -0.2) is 24.5 Å². The van der Waals surface area contributed by atoms with Crippen molar-refractivity contribution in [1.29, 1.82) is 5.26 Å². The number of hydrogen-bond acceptors (Lipinski definition) is 5. The van der Waals surface area contributed by atoms with Crippen LogP contribution < -0.4 is 14.8 Å². The Kier molecular flexibility index (Phi) is 5.76. The van der Waals surface area contributed by atoms with E-state index in [2.05, 4.69) is 5.32 Å². The van der Waals surface area contributed by atoms with Crippen LogP contribution in [0.2, 0.25) is 0 Å². The molecule has 1 atom stereocenters. The number of nitrogens with zero attached hydrogens (tertiary/aromatic N) is 2. The Labute approximate surface area is 181 Å². The molecule has 0 radical (unpaired) electrons. The molecule has 4 rings (SSSR count). The number of amides is 1. The summed E-state index contributed by atoms with van der Waals surface area (Å²) in [7, 11) is 1.55. The minimum absolute atomic E-state index is 0.0382. The third-order valence-corrected chi connectivity index (χ3v) is 5.29. The van der Waals surface area contributed by atoms with Crippen molar-refractivity contribution in [3.8, 4) is 17.6 Å². The highest BCUT2D eigenvalue weighted by atomic mass is 16.5. The van der Waals surface area contributed by atoms with Crippen molar-refractivity contribution in [1.82, 2.24) is 4.90 Å². The second-order valence-corrected chi connectivity index (χ2v) is 7.37. The number of hydrogen-bond donors (Lipinski definition) is 1. The highest BCUT2D eigenvalue weighted by Gasteiger charge is 2.33. The number of carbonyl (C=O) groups is 1. The topological polar surface area (TPSA) is 74.6 Å². The second kappa shape index (κ2) is 8.80. The van der Waals surface area contributed by atoms with E-state index in [1.54, 1.807) is 13.2 Å². The molecule has 1 aliphatic rings. The van der Waals surface area contributed by atoms with E-state index in [0.29, 0.717) is 23.6 Å². The van der Waals surface area contributed by atoms with Crippen LogP contribution in [0.5, 0.6) is 11.5 Å². The summed E-state index contributed by atoms with van der Waals surface area (Å²) in [5.41, 5.74) is 4.52. The highest BCUT2D eigenvalue weighted by molar-refractivity contribution is 6.01. The standard InChI is InChI=1S/C25H23N3O3/c1-17-7-9-18(10-8-17)16-28-24(27-21-6-4-3-5-20(21)25(28)29)19-11-12-22(31-14-13-26)23(15-19)30-2/h3-12,15,24,27H,14,16H2,1-2H3/t24-/m0/s1. The van der Waals surface area contributed by atoms with Crippen LogP contribution in [0.4, 0.5) is 5.69 Å². The molecule has 0 saturated heterocycles. The Hall–Kier alpha value is -3.98. The molecule has 0 saturated carbocycles. The molecule has 0 aromatic heterocycles. The van der Waals surface area contributed by atoms with Gasteiger partial charge in [-0.05, 0) is 42.3 Å². The molecule has 1 heterocycles. The van der Waals surface area contributed by atoms with E-state index in [0.717, 1.165) is 16.8 Å². The van der Waals surface area contributed by atoms with E-state index in [4.69, 9.17) is 14.7 Å². The molecule has 0 unspecified atom stereocenters. The maximum absolute atomic E-state index is 13.4. The van der Waals surface area contributed by atoms with Crippen molar-refractivity contribution in [2.24, 2.45) is 0 Å². The zero-order valence-corrected chi connectivity index (χ0v) is 17.5. The van der Waals surface area contributed by atoms with E-state index >= 15 is 0 Å². The van der Waals surface area contributed by atoms with Crippen LogP contribution in [0.1, 0.15) is 33.2 Å². The van der Waals surface area contributed by atoms with E-state index in [-0.39, 0.29) is 18.7 Å². The summed E-state index contributed by atoms with van der Waals surface area (Å²) < 4.78 is 10.9. The summed E-state index contributed by atoms with van der Waals surface area (Å²) in [4.78, 5) is 15.2. The van der Waals surface area contributed by atoms with Gasteiger partial charge < -0.3 is 19.7 Å². The molecule has 3 aromatic rings. The molecule has 0 aliphatic carbocycles. The first kappa shape index (κ1) is 20.3. The first-order valence-electron chi connectivity index (χ1n) is 10.0. The lowest BCUT2D eigenvalue weighted by atomic mass is 10.0. The highest BCUT2D eigenvalue weighted by Crippen LogP contribution is 2.37. The smallest absolute Gasteiger partial charge is 0.258 e. The zero-order chi connectivity index (χ0) is 21.8. The largest absolute Gasteiger partial charge is 0.493 e. The summed E-state index contributed by atoms with van der Waals surface area (Å²) in [6.45, 7) is 2.43. The van der Waals surface area contributed by atoms with Gasteiger partial charge in [0.15, 0.2) is 18.1 Å². The molecule has 3 aromatic carbocycles. The Morgan fingerprint density at radius 2 is 1.84 bits per heavy atom. The lowest BCUT2D eigenvalue weighted by Crippen LogP contribution is -2.42. The molecule has 0 bridgehead atoms. The Bertz CT molecular complexity index is 1140. The van der Waals surface area contributed by atoms with Crippen molar-refractivity contribution in [3.63, 3.8) is 0 Å². The van der Waals surface area contributed by atoms with Crippen molar-refractivity contribution >= 4 is 11.6 Å². The number of methoxy groups -OCH3 is 1. The number of rotatable bonds is 6. The molecule has 1 N–H and O–H groups in total. The lowest BCUT2D eigenvalue weighted by Gasteiger charge is -2.38. The maximum atomic E-state index is 13.4. The number of ether oxygens (including phenoxy) is 2. The third kappa shape index (κ3) is 4.17. The summed E-state index contributed by atoms with van der Waals surface area (Å²) in [6, 6.07) is 23.1. The normalized spacial score (nSPS) is 14.9. The van der Waals surface area contributed by atoms with Gasteiger partial charge >= 0.3 is 0 Å². The fraction of sp³-hybridized carbons (Fsp3) is 0.200. The Balaban J connectivity index is 1.73. The number of nitriles is 1. The van der Waals surface area contributed by atoms with Gasteiger partial charge in [0.05, 0.1) is 12.7 Å². The van der Waals surface area contributed by atoms with Gasteiger partial charge in [-0.3, -0.25) is 4.79 Å². The maximum Gasteiger partial charge on any atom is 0.258 e. The van der Waals surface area contributed by atoms with Crippen LogP contribution >= 0.6 is 0 Å². The van der Waals surface area contributed by atoms with Crippen LogP contribution in [-0.2, 0) is 6.54 Å². The predicted octanol–water partition coefficient (Wildman–Crippen LogP) is 4.67. The third-order valence-electron chi connectivity index (χ3n) is 5.29. The van der Waals surface area contributed by atoms with Gasteiger partial charge in [-0.2, -0.15) is 5.26 Å². The number of benzene rings is 3. The summed E-state index contributed by atoms with van der Waals surface area (Å²) in [6.07, 6.45) is -0.386. The molecule has 6 heteroatoms. The first-order valence-corrected chi connectivity index (χ1v) is 10.0. The Morgan fingerprint density at radius 1 is 1.06 bits per heavy atom. The monoisotopic (exact) mass is 413 g/mol. The SMILES string of the molecule is COc1cc([C@H]2Nc3ccccc3C(=O)N2Cc2ccc(C)cc2)ccc1OCC#N. The van der Waals surface area contributed by atoms with Gasteiger partial charge in [-0.15, -0.1) is 0 Å². The summed E-state index contributed by atoms with van der Waals surface area (Å²) in [5, 5.41) is 12.3. The quantitative estimate of drug-likeness (QED) is 0.635. The number of nitrogens with one attached hydrogen (secondary N) is 1. The number of carbonyl (C=O) groups excluding carboxylic acids is 1. The average Bonchev–Trinajstić information content (AvgIpc) is 2.80. The minimum Gasteiger partial charge on any atom is -0.493 e. The molecule has 156 valence electrons. The van der Waals surface area contributed by atoms with Crippen molar-refractivity contribution < 1.29 is 14.3 Å². The average molecular weight is 413 g/mol. The zero-order valence-electron chi connectivity index (χ0n) is 17.5. The molecule has 6 nitrogen and oxygen atoms in total. The number of aryl methyl sites for hydroxylation is 1. The number of para-hydroxylation sites is 1. The second-order valence-electron chi connectivity index (χ2n) is 7.37. The van der Waals surface area contributed by atoms with Gasteiger partial charge in [0, 0.05) is 12.2 Å². The number of anilines is 1. The van der Waals surface area contributed by atoms with Crippen molar-refractivity contribution in [2.75, 3.05) is 19.0 Å². The molecule has 1 amide bonds. The summed E-state index contributed by atoms with van der Waals surface area (Å²) >= 11 is 0. The van der Waals surface area contributed by atoms with Crippen LogP contribution in [0.3, 0.4) is 0 Å². The van der Waals surface area contributed by atoms with Gasteiger partial charge in [-0.1, -0.05) is 48.0 Å². The van der Waals surface area contributed by atoms with E-state index < -0.39 is 0 Å². The fourth-order valence-electron chi connectivity index (χ4n) is 3.69. The number of fused-ring (bicyclic) bond motifs is 1. The predicted molar refractivity (Wildman–Crippen MR) is 118 cm³/mol. The first-order chi connectivity index (χ1) is 15.1. The van der Waals surface area contributed by atoms with Crippen LogP contribution in [0.15, 0.2) is 66.7 Å². The van der Waals surface area contributed by atoms with Gasteiger partial charge in [0.1, 0.15) is 12.2 Å². The van der Waals surface area contributed by atoms with Gasteiger partial charge in [0.2, 0.25) is 0 Å². The summed E-state index contributed by atoms with van der Waals surface area (Å²) in [5.74, 6) is 0.959. The fourth-order valence-corrected chi connectivity index (χ4v) is 3.69. The molecular formula is C25H23N3O3. The van der Waals surface area contributed by atoms with E-state index in [1.807, 2.05) is 78.6 Å².